The first kappa shape index (κ1) is 19.4. The quantitative estimate of drug-likeness (QED) is 0.535. The number of methoxy groups -OCH3 is 1. The van der Waals surface area contributed by atoms with Crippen LogP contribution in [0.25, 0.3) is 11.3 Å². The first-order valence-corrected chi connectivity index (χ1v) is 9.23. The van der Waals surface area contributed by atoms with E-state index in [9.17, 15) is 18.0 Å². The van der Waals surface area contributed by atoms with E-state index in [-0.39, 0.29) is 5.13 Å². The maximum Gasteiger partial charge on any atom is 0.416 e. The predicted octanol–water partition coefficient (Wildman–Crippen LogP) is 5.85. The molecular weight excluding hydrogens is 445 g/mol. The van der Waals surface area contributed by atoms with Crippen LogP contribution in [0.3, 0.4) is 0 Å². The van der Waals surface area contributed by atoms with Gasteiger partial charge in [-0.25, -0.2) is 4.98 Å². The molecule has 0 atom stereocenters. The lowest BCUT2D eigenvalue weighted by molar-refractivity contribution is -0.137. The van der Waals surface area contributed by atoms with Crippen molar-refractivity contribution in [1.82, 2.24) is 4.98 Å². The monoisotopic (exact) mass is 456 g/mol. The van der Waals surface area contributed by atoms with Crippen molar-refractivity contribution < 1.29 is 22.7 Å². The first-order valence-electron chi connectivity index (χ1n) is 7.56. The number of halogens is 4. The fraction of sp³-hybridized carbons (Fsp3) is 0.111. The van der Waals surface area contributed by atoms with Crippen molar-refractivity contribution in [2.45, 2.75) is 6.18 Å². The van der Waals surface area contributed by atoms with Crippen molar-refractivity contribution in [3.05, 3.63) is 63.4 Å². The second-order valence-corrected chi connectivity index (χ2v) is 7.13. The molecule has 0 aliphatic carbocycles. The number of carbonyl (C=O) groups is 1. The number of benzene rings is 2. The van der Waals surface area contributed by atoms with Gasteiger partial charge in [-0.2, -0.15) is 13.2 Å². The van der Waals surface area contributed by atoms with E-state index >= 15 is 0 Å². The number of nitrogens with one attached hydrogen (secondary N) is 1. The van der Waals surface area contributed by atoms with Gasteiger partial charge >= 0.3 is 6.18 Å². The van der Waals surface area contributed by atoms with Crippen LogP contribution in [0.5, 0.6) is 5.75 Å². The third-order valence-corrected chi connectivity index (χ3v) is 5.08. The minimum absolute atomic E-state index is 0.280. The van der Waals surface area contributed by atoms with Crippen molar-refractivity contribution in [1.29, 1.82) is 0 Å². The minimum Gasteiger partial charge on any atom is -0.497 e. The van der Waals surface area contributed by atoms with Crippen molar-refractivity contribution in [3.63, 3.8) is 0 Å². The van der Waals surface area contributed by atoms with Crippen molar-refractivity contribution in [3.8, 4) is 17.0 Å². The molecular formula is C18H12BrF3N2O2S. The number of rotatable bonds is 4. The van der Waals surface area contributed by atoms with Crippen LogP contribution in [-0.4, -0.2) is 18.0 Å². The van der Waals surface area contributed by atoms with Crippen molar-refractivity contribution in [2.75, 3.05) is 12.4 Å². The Balaban J connectivity index is 1.82. The van der Waals surface area contributed by atoms with Gasteiger partial charge in [0.15, 0.2) is 5.13 Å². The van der Waals surface area contributed by atoms with Crippen LogP contribution < -0.4 is 10.1 Å². The molecule has 0 saturated carbocycles. The van der Waals surface area contributed by atoms with Gasteiger partial charge in [0.25, 0.3) is 5.91 Å². The van der Waals surface area contributed by atoms with Gasteiger partial charge in [-0.1, -0.05) is 12.1 Å². The largest absolute Gasteiger partial charge is 0.497 e. The van der Waals surface area contributed by atoms with E-state index in [1.165, 1.54) is 19.2 Å². The van der Waals surface area contributed by atoms with E-state index in [2.05, 4.69) is 26.2 Å². The van der Waals surface area contributed by atoms with E-state index in [1.54, 1.807) is 23.6 Å². The van der Waals surface area contributed by atoms with E-state index in [0.717, 1.165) is 23.5 Å². The second kappa shape index (κ2) is 7.69. The zero-order valence-corrected chi connectivity index (χ0v) is 16.2. The molecule has 0 bridgehead atoms. The third kappa shape index (κ3) is 4.48. The number of ether oxygens (including phenoxy) is 1. The molecule has 0 radical (unpaired) electrons. The molecule has 140 valence electrons. The summed E-state index contributed by atoms with van der Waals surface area (Å²) >= 11 is 4.43. The van der Waals surface area contributed by atoms with Gasteiger partial charge in [0, 0.05) is 15.4 Å². The summed E-state index contributed by atoms with van der Waals surface area (Å²) in [5, 5.41) is 4.51. The number of hydrogen-bond donors (Lipinski definition) is 1. The molecule has 3 aromatic rings. The van der Waals surface area contributed by atoms with Gasteiger partial charge < -0.3 is 4.74 Å². The average molecular weight is 457 g/mol. The number of aromatic nitrogens is 1. The Hall–Kier alpha value is -2.39. The fourth-order valence-corrected chi connectivity index (χ4v) is 3.43. The molecule has 27 heavy (non-hydrogen) atoms. The Morgan fingerprint density at radius 1 is 1.22 bits per heavy atom. The molecule has 2 aromatic carbocycles. The number of nitrogens with zero attached hydrogens (tertiary/aromatic N) is 1. The Labute approximate surface area is 165 Å². The average Bonchev–Trinajstić information content (AvgIpc) is 3.10. The van der Waals surface area contributed by atoms with Crippen LogP contribution in [0, 0.1) is 0 Å². The highest BCUT2D eigenvalue weighted by atomic mass is 79.9. The highest BCUT2D eigenvalue weighted by molar-refractivity contribution is 9.10. The van der Waals surface area contributed by atoms with E-state index in [0.29, 0.717) is 27.0 Å². The van der Waals surface area contributed by atoms with E-state index in [4.69, 9.17) is 4.74 Å². The Bertz CT molecular complexity index is 989. The zero-order valence-electron chi connectivity index (χ0n) is 13.8. The Morgan fingerprint density at radius 3 is 2.70 bits per heavy atom. The van der Waals surface area contributed by atoms with Gasteiger partial charge in [0.05, 0.1) is 23.9 Å². The molecule has 1 heterocycles. The summed E-state index contributed by atoms with van der Waals surface area (Å²) in [6, 6.07) is 9.84. The number of amides is 1. The number of thiazole rings is 1. The molecule has 9 heteroatoms. The molecule has 1 aromatic heterocycles. The van der Waals surface area contributed by atoms with Gasteiger partial charge in [-0.15, -0.1) is 11.3 Å². The smallest absolute Gasteiger partial charge is 0.416 e. The Kier molecular flexibility index (Phi) is 5.52. The molecule has 0 aliphatic rings. The number of alkyl halides is 3. The van der Waals surface area contributed by atoms with Crippen LogP contribution in [0.1, 0.15) is 15.9 Å². The zero-order chi connectivity index (χ0) is 19.6. The van der Waals surface area contributed by atoms with Gasteiger partial charge in [0.2, 0.25) is 0 Å². The number of hydrogen-bond acceptors (Lipinski definition) is 4. The second-order valence-electron chi connectivity index (χ2n) is 5.42. The maximum atomic E-state index is 12.9. The van der Waals surface area contributed by atoms with Crippen molar-refractivity contribution in [2.24, 2.45) is 0 Å². The van der Waals surface area contributed by atoms with Crippen LogP contribution >= 0.6 is 27.3 Å². The lowest BCUT2D eigenvalue weighted by Crippen LogP contribution is -2.12. The van der Waals surface area contributed by atoms with Crippen LogP contribution in [0.2, 0.25) is 0 Å². The van der Waals surface area contributed by atoms with Gasteiger partial charge in [-0.3, -0.25) is 10.1 Å². The fourth-order valence-electron chi connectivity index (χ4n) is 2.29. The standard InChI is InChI=1S/C18H12BrF3N2O2S/c1-26-12-5-6-14(19)13(8-12)16(25)24-17-23-15(9-27-17)10-3-2-4-11(7-10)18(20,21)22/h2-9H,1H3,(H,23,24,25). The molecule has 0 fully saturated rings. The summed E-state index contributed by atoms with van der Waals surface area (Å²) in [7, 11) is 1.49. The topological polar surface area (TPSA) is 51.2 Å². The molecule has 1 amide bonds. The SMILES string of the molecule is COc1ccc(Br)c(C(=O)Nc2nc(-c3cccc(C(F)(F)F)c3)cs2)c1. The molecule has 0 aliphatic heterocycles. The van der Waals surface area contributed by atoms with Crippen molar-refractivity contribution >= 4 is 38.3 Å². The number of carbonyl (C=O) groups excluding carboxylic acids is 1. The third-order valence-electron chi connectivity index (χ3n) is 3.63. The summed E-state index contributed by atoms with van der Waals surface area (Å²) in [6.45, 7) is 0. The summed E-state index contributed by atoms with van der Waals surface area (Å²) < 4.78 is 44.3. The van der Waals surface area contributed by atoms with Crippen LogP contribution in [0.4, 0.5) is 18.3 Å². The van der Waals surface area contributed by atoms with Crippen LogP contribution in [0.15, 0.2) is 52.3 Å². The molecule has 0 spiro atoms. The van der Waals surface area contributed by atoms with Gasteiger partial charge in [0.1, 0.15) is 5.75 Å². The molecule has 1 N–H and O–H groups in total. The van der Waals surface area contributed by atoms with Gasteiger partial charge in [-0.05, 0) is 46.3 Å². The van der Waals surface area contributed by atoms with E-state index < -0.39 is 17.6 Å². The van der Waals surface area contributed by atoms with Crippen LogP contribution in [-0.2, 0) is 6.18 Å². The highest BCUT2D eigenvalue weighted by Gasteiger charge is 2.30. The molecule has 0 saturated heterocycles. The highest BCUT2D eigenvalue weighted by Crippen LogP contribution is 2.33. The molecule has 0 unspecified atom stereocenters. The Morgan fingerprint density at radius 2 is 2.00 bits per heavy atom. The lowest BCUT2D eigenvalue weighted by Gasteiger charge is -2.07. The minimum atomic E-state index is -4.43. The normalized spacial score (nSPS) is 11.3. The summed E-state index contributed by atoms with van der Waals surface area (Å²) in [5.74, 6) is 0.109. The predicted molar refractivity (Wildman–Crippen MR) is 101 cm³/mol. The maximum absolute atomic E-state index is 12.9. The molecule has 4 nitrogen and oxygen atoms in total. The molecule has 3 rings (SSSR count). The summed E-state index contributed by atoms with van der Waals surface area (Å²) in [5.41, 5.74) is 0.277. The summed E-state index contributed by atoms with van der Waals surface area (Å²) in [6.07, 6.45) is -4.43. The number of anilines is 1. The lowest BCUT2D eigenvalue weighted by atomic mass is 10.1. The summed E-state index contributed by atoms with van der Waals surface area (Å²) in [4.78, 5) is 16.7. The van der Waals surface area contributed by atoms with E-state index in [1.807, 2.05) is 0 Å². The first-order chi connectivity index (χ1) is 12.8.